The number of rotatable bonds is 4. The van der Waals surface area contributed by atoms with Crippen molar-refractivity contribution in [3.8, 4) is 0 Å². The van der Waals surface area contributed by atoms with E-state index in [0.29, 0.717) is 17.9 Å². The maximum absolute atomic E-state index is 12.4. The monoisotopic (exact) mass is 267 g/mol. The molecule has 1 amide bonds. The summed E-state index contributed by atoms with van der Waals surface area (Å²) in [5.41, 5.74) is 0.470. The van der Waals surface area contributed by atoms with Gasteiger partial charge in [-0.2, -0.15) is 0 Å². The molecule has 0 radical (unpaired) electrons. The minimum absolute atomic E-state index is 0.147. The second kappa shape index (κ2) is 5.44. The lowest BCUT2D eigenvalue weighted by Gasteiger charge is -2.29. The van der Waals surface area contributed by atoms with Crippen LogP contribution in [0.15, 0.2) is 16.7 Å². The van der Waals surface area contributed by atoms with Crippen LogP contribution in [0.5, 0.6) is 0 Å². The average molecular weight is 267 g/mol. The van der Waals surface area contributed by atoms with Crippen molar-refractivity contribution in [2.75, 3.05) is 19.8 Å². The first kappa shape index (κ1) is 13.6. The predicted octanol–water partition coefficient (Wildman–Crippen LogP) is 1.15. The second-order valence-corrected chi connectivity index (χ2v) is 4.53. The molecule has 6 heteroatoms. The maximum Gasteiger partial charge on any atom is 0.311 e. The Bertz CT molecular complexity index is 481. The van der Waals surface area contributed by atoms with Crippen LogP contribution in [-0.2, 0) is 9.53 Å². The molecule has 1 fully saturated rings. The quantitative estimate of drug-likeness (QED) is 0.885. The summed E-state index contributed by atoms with van der Waals surface area (Å²) in [6.07, 6.45) is 1.45. The summed E-state index contributed by atoms with van der Waals surface area (Å²) in [5.74, 6) is -1.28. The number of hydrogen-bond acceptors (Lipinski definition) is 4. The third-order valence-corrected chi connectivity index (χ3v) is 3.46. The first-order chi connectivity index (χ1) is 9.06. The van der Waals surface area contributed by atoms with E-state index in [-0.39, 0.29) is 19.1 Å². The summed E-state index contributed by atoms with van der Waals surface area (Å²) in [6.45, 7) is 4.37. The summed E-state index contributed by atoms with van der Waals surface area (Å²) in [4.78, 5) is 25.1. The Kier molecular flexibility index (Phi) is 3.90. The molecule has 2 atom stereocenters. The molecule has 1 aromatic heterocycles. The molecule has 1 aromatic rings. The summed E-state index contributed by atoms with van der Waals surface area (Å²) in [6, 6.07) is 1.18. The van der Waals surface area contributed by atoms with Crippen LogP contribution in [-0.4, -0.2) is 47.7 Å². The fourth-order valence-electron chi connectivity index (χ4n) is 2.38. The number of carboxylic acid groups (broad SMARTS) is 1. The molecule has 0 saturated carbocycles. The standard InChI is InChI=1S/C13H17NO5/c1-3-14(11-7-18-6-10(11)13(16)17)12(15)9-4-5-19-8(9)2/h4-5,10-11H,3,6-7H2,1-2H3,(H,16,17). The van der Waals surface area contributed by atoms with Crippen LogP contribution in [0, 0.1) is 12.8 Å². The zero-order valence-electron chi connectivity index (χ0n) is 11.0. The number of furan rings is 1. The second-order valence-electron chi connectivity index (χ2n) is 4.53. The van der Waals surface area contributed by atoms with Gasteiger partial charge in [-0.05, 0) is 19.9 Å². The molecule has 2 unspecified atom stereocenters. The highest BCUT2D eigenvalue weighted by Crippen LogP contribution is 2.23. The van der Waals surface area contributed by atoms with Gasteiger partial charge in [0.15, 0.2) is 0 Å². The number of aryl methyl sites for hydroxylation is 1. The number of aliphatic carboxylic acids is 1. The zero-order valence-corrected chi connectivity index (χ0v) is 11.0. The normalized spacial score (nSPS) is 22.4. The van der Waals surface area contributed by atoms with Crippen molar-refractivity contribution in [3.63, 3.8) is 0 Å². The van der Waals surface area contributed by atoms with Gasteiger partial charge in [0.2, 0.25) is 0 Å². The van der Waals surface area contributed by atoms with Crippen molar-refractivity contribution in [2.24, 2.45) is 5.92 Å². The van der Waals surface area contributed by atoms with Gasteiger partial charge in [0.1, 0.15) is 11.7 Å². The van der Waals surface area contributed by atoms with Gasteiger partial charge in [-0.15, -0.1) is 0 Å². The van der Waals surface area contributed by atoms with Gasteiger partial charge in [-0.25, -0.2) is 0 Å². The number of carboxylic acids is 1. The summed E-state index contributed by atoms with van der Waals surface area (Å²) < 4.78 is 10.3. The van der Waals surface area contributed by atoms with Gasteiger partial charge in [0.25, 0.3) is 5.91 Å². The molecule has 19 heavy (non-hydrogen) atoms. The minimum atomic E-state index is -0.933. The molecule has 1 aliphatic rings. The molecule has 1 saturated heterocycles. The number of nitrogens with zero attached hydrogens (tertiary/aromatic N) is 1. The van der Waals surface area contributed by atoms with Crippen LogP contribution in [0.2, 0.25) is 0 Å². The lowest BCUT2D eigenvalue weighted by atomic mass is 10.0. The zero-order chi connectivity index (χ0) is 14.0. The Balaban J connectivity index is 2.23. The van der Waals surface area contributed by atoms with Crippen molar-refractivity contribution in [1.82, 2.24) is 4.90 Å². The summed E-state index contributed by atoms with van der Waals surface area (Å²) >= 11 is 0. The van der Waals surface area contributed by atoms with E-state index in [9.17, 15) is 9.59 Å². The van der Waals surface area contributed by atoms with Gasteiger partial charge >= 0.3 is 5.97 Å². The molecule has 1 aliphatic heterocycles. The third kappa shape index (κ3) is 2.49. The Morgan fingerprint density at radius 2 is 2.21 bits per heavy atom. The van der Waals surface area contributed by atoms with E-state index in [1.807, 2.05) is 6.92 Å². The Hall–Kier alpha value is -1.82. The van der Waals surface area contributed by atoms with E-state index in [0.717, 1.165) is 0 Å². The molecule has 0 spiro atoms. The molecule has 6 nitrogen and oxygen atoms in total. The van der Waals surface area contributed by atoms with Gasteiger partial charge in [-0.1, -0.05) is 0 Å². The molecular weight excluding hydrogens is 250 g/mol. The number of carbonyl (C=O) groups is 2. The summed E-state index contributed by atoms with van der Waals surface area (Å²) in [7, 11) is 0. The average Bonchev–Trinajstić information content (AvgIpc) is 2.98. The maximum atomic E-state index is 12.4. The number of amides is 1. The van der Waals surface area contributed by atoms with E-state index in [1.165, 1.54) is 6.26 Å². The van der Waals surface area contributed by atoms with E-state index >= 15 is 0 Å². The third-order valence-electron chi connectivity index (χ3n) is 3.46. The highest BCUT2D eigenvalue weighted by molar-refractivity contribution is 5.95. The minimum Gasteiger partial charge on any atom is -0.481 e. The Morgan fingerprint density at radius 1 is 1.47 bits per heavy atom. The first-order valence-electron chi connectivity index (χ1n) is 6.21. The van der Waals surface area contributed by atoms with Crippen LogP contribution >= 0.6 is 0 Å². The van der Waals surface area contributed by atoms with Crippen LogP contribution in [0.1, 0.15) is 23.0 Å². The predicted molar refractivity (Wildman–Crippen MR) is 65.9 cm³/mol. The van der Waals surface area contributed by atoms with Crippen molar-refractivity contribution in [1.29, 1.82) is 0 Å². The molecule has 0 bridgehead atoms. The largest absolute Gasteiger partial charge is 0.481 e. The molecule has 0 aromatic carbocycles. The van der Waals surface area contributed by atoms with Crippen molar-refractivity contribution >= 4 is 11.9 Å². The SMILES string of the molecule is CCN(C(=O)c1ccoc1C)C1COCC1C(=O)O. The fourth-order valence-corrected chi connectivity index (χ4v) is 2.38. The van der Waals surface area contributed by atoms with Crippen LogP contribution < -0.4 is 0 Å². The molecule has 0 aliphatic carbocycles. The highest BCUT2D eigenvalue weighted by atomic mass is 16.5. The lowest BCUT2D eigenvalue weighted by Crippen LogP contribution is -2.46. The Labute approximate surface area is 110 Å². The van der Waals surface area contributed by atoms with Crippen LogP contribution in [0.3, 0.4) is 0 Å². The molecule has 2 heterocycles. The summed E-state index contributed by atoms with van der Waals surface area (Å²) in [5, 5.41) is 9.16. The first-order valence-corrected chi connectivity index (χ1v) is 6.21. The highest BCUT2D eigenvalue weighted by Gasteiger charge is 2.40. The van der Waals surface area contributed by atoms with Gasteiger partial charge in [-0.3, -0.25) is 9.59 Å². The van der Waals surface area contributed by atoms with Crippen molar-refractivity contribution in [2.45, 2.75) is 19.9 Å². The molecule has 2 rings (SSSR count). The molecule has 1 N–H and O–H groups in total. The molecule has 104 valence electrons. The van der Waals surface area contributed by atoms with E-state index in [1.54, 1.807) is 17.9 Å². The van der Waals surface area contributed by atoms with Gasteiger partial charge in [0.05, 0.1) is 31.1 Å². The lowest BCUT2D eigenvalue weighted by molar-refractivity contribution is -0.142. The van der Waals surface area contributed by atoms with Crippen molar-refractivity contribution < 1.29 is 23.8 Å². The molecular formula is C13H17NO5. The van der Waals surface area contributed by atoms with Crippen LogP contribution in [0.4, 0.5) is 0 Å². The Morgan fingerprint density at radius 3 is 2.74 bits per heavy atom. The van der Waals surface area contributed by atoms with Crippen LogP contribution in [0.25, 0.3) is 0 Å². The number of likely N-dealkylation sites (N-methyl/N-ethyl adjacent to an activating group) is 1. The van der Waals surface area contributed by atoms with E-state index < -0.39 is 17.9 Å². The number of hydrogen-bond donors (Lipinski definition) is 1. The van der Waals surface area contributed by atoms with Gasteiger partial charge in [0, 0.05) is 6.54 Å². The fraction of sp³-hybridized carbons (Fsp3) is 0.538. The van der Waals surface area contributed by atoms with E-state index in [2.05, 4.69) is 0 Å². The van der Waals surface area contributed by atoms with E-state index in [4.69, 9.17) is 14.3 Å². The topological polar surface area (TPSA) is 80.0 Å². The van der Waals surface area contributed by atoms with Crippen molar-refractivity contribution in [3.05, 3.63) is 23.7 Å². The number of carbonyl (C=O) groups excluding carboxylic acids is 1. The smallest absolute Gasteiger partial charge is 0.311 e. The van der Waals surface area contributed by atoms with Gasteiger partial charge < -0.3 is 19.2 Å². The number of ether oxygens (including phenoxy) is 1.